The van der Waals surface area contributed by atoms with Crippen LogP contribution in [0.25, 0.3) is 0 Å². The first-order valence-corrected chi connectivity index (χ1v) is 8.40. The summed E-state index contributed by atoms with van der Waals surface area (Å²) in [6, 6.07) is -3.89. The van der Waals surface area contributed by atoms with Gasteiger partial charge < -0.3 is 38.3 Å². The Bertz CT molecular complexity index is 575. The van der Waals surface area contributed by atoms with Gasteiger partial charge >= 0.3 is 5.97 Å². The third-order valence-corrected chi connectivity index (χ3v) is 3.47. The first-order valence-electron chi connectivity index (χ1n) is 8.40. The molecular weight excluding hydrogens is 358 g/mol. The number of carboxylic acids is 1. The van der Waals surface area contributed by atoms with Gasteiger partial charge in [0, 0.05) is 6.54 Å². The molecule has 3 amide bonds. The summed E-state index contributed by atoms with van der Waals surface area (Å²) in [5.41, 5.74) is 15.9. The maximum Gasteiger partial charge on any atom is 0.325 e. The third-order valence-electron chi connectivity index (χ3n) is 3.47. The van der Waals surface area contributed by atoms with Crippen LogP contribution in [-0.2, 0) is 19.2 Å². The molecule has 0 aromatic heterocycles. The number of aliphatic carboxylic acids is 1. The van der Waals surface area contributed by atoms with Crippen molar-refractivity contribution in [1.29, 1.82) is 0 Å². The summed E-state index contributed by atoms with van der Waals surface area (Å²) in [4.78, 5) is 50.8. The Morgan fingerprint density at radius 2 is 1.48 bits per heavy atom. The second-order valence-corrected chi connectivity index (χ2v) is 6.10. The zero-order valence-electron chi connectivity index (χ0n) is 15.7. The van der Waals surface area contributed by atoms with Crippen LogP contribution in [0.3, 0.4) is 0 Å². The first kappa shape index (κ1) is 24.1. The molecule has 0 saturated carbocycles. The van der Waals surface area contributed by atoms with E-state index in [4.69, 9.17) is 22.3 Å². The molecule has 0 aliphatic heterocycles. The molecule has 27 heavy (non-hydrogen) atoms. The maximum atomic E-state index is 12.3. The second kappa shape index (κ2) is 11.7. The number of nitrogens with zero attached hydrogens (tertiary/aromatic N) is 1. The standard InChI is InChI=1S/C15H29N7O5/c1-7(16)11(23)20-8(2)12(24)22-10(5-4-6-19-15(17)18)13(25)21-9(3)14(26)27/h7-10H,4-6,16H2,1-3H3,(H,20,23)(H,21,25)(H,22,24)(H,26,27)(H4,17,18,19). The molecule has 0 aromatic carbocycles. The molecule has 4 atom stereocenters. The highest BCUT2D eigenvalue weighted by molar-refractivity contribution is 5.93. The minimum atomic E-state index is -1.22. The van der Waals surface area contributed by atoms with E-state index in [9.17, 15) is 19.2 Å². The topological polar surface area (TPSA) is 215 Å². The molecule has 0 rings (SSSR count). The molecule has 0 aromatic rings. The fourth-order valence-electron chi connectivity index (χ4n) is 1.86. The molecule has 10 N–H and O–H groups in total. The molecule has 154 valence electrons. The van der Waals surface area contributed by atoms with Crippen LogP contribution >= 0.6 is 0 Å². The summed E-state index contributed by atoms with van der Waals surface area (Å²) < 4.78 is 0. The van der Waals surface area contributed by atoms with Crippen molar-refractivity contribution in [3.05, 3.63) is 0 Å². The lowest BCUT2D eigenvalue weighted by molar-refractivity contribution is -0.141. The number of hydrogen-bond donors (Lipinski definition) is 7. The molecule has 0 radical (unpaired) electrons. The van der Waals surface area contributed by atoms with Crippen molar-refractivity contribution in [2.75, 3.05) is 6.54 Å². The number of carbonyl (C=O) groups excluding carboxylic acids is 3. The average Bonchev–Trinajstić information content (AvgIpc) is 2.56. The van der Waals surface area contributed by atoms with E-state index in [0.29, 0.717) is 6.42 Å². The maximum absolute atomic E-state index is 12.3. The Hall–Kier alpha value is -2.89. The highest BCUT2D eigenvalue weighted by Gasteiger charge is 2.26. The number of guanidine groups is 1. The van der Waals surface area contributed by atoms with Crippen LogP contribution in [0.4, 0.5) is 0 Å². The Kier molecular flexibility index (Phi) is 10.4. The lowest BCUT2D eigenvalue weighted by Crippen LogP contribution is -2.55. The van der Waals surface area contributed by atoms with Crippen LogP contribution in [0.5, 0.6) is 0 Å². The van der Waals surface area contributed by atoms with E-state index in [1.165, 1.54) is 20.8 Å². The van der Waals surface area contributed by atoms with E-state index in [1.807, 2.05) is 0 Å². The lowest BCUT2D eigenvalue weighted by Gasteiger charge is -2.22. The monoisotopic (exact) mass is 387 g/mol. The predicted octanol–water partition coefficient (Wildman–Crippen LogP) is -3.03. The Labute approximate surface area is 157 Å². The first-order chi connectivity index (χ1) is 12.5. The van der Waals surface area contributed by atoms with E-state index in [1.54, 1.807) is 0 Å². The Morgan fingerprint density at radius 1 is 0.926 bits per heavy atom. The number of nitrogens with one attached hydrogen (secondary N) is 3. The molecule has 4 unspecified atom stereocenters. The normalized spacial score (nSPS) is 14.8. The molecular formula is C15H29N7O5. The zero-order valence-corrected chi connectivity index (χ0v) is 15.7. The van der Waals surface area contributed by atoms with Gasteiger partial charge in [-0.2, -0.15) is 0 Å². The van der Waals surface area contributed by atoms with Crippen molar-refractivity contribution < 1.29 is 24.3 Å². The van der Waals surface area contributed by atoms with E-state index < -0.39 is 47.9 Å². The van der Waals surface area contributed by atoms with Gasteiger partial charge in [-0.25, -0.2) is 0 Å². The molecule has 0 fully saturated rings. The second-order valence-electron chi connectivity index (χ2n) is 6.10. The number of aliphatic imine (C=N–C) groups is 1. The fourth-order valence-corrected chi connectivity index (χ4v) is 1.86. The van der Waals surface area contributed by atoms with Crippen LogP contribution in [0.15, 0.2) is 4.99 Å². The van der Waals surface area contributed by atoms with Crippen molar-refractivity contribution >= 4 is 29.7 Å². The van der Waals surface area contributed by atoms with Gasteiger partial charge in [0.15, 0.2) is 5.96 Å². The number of hydrogen-bond acceptors (Lipinski definition) is 6. The van der Waals surface area contributed by atoms with Gasteiger partial charge in [0.1, 0.15) is 18.1 Å². The van der Waals surface area contributed by atoms with Crippen molar-refractivity contribution in [1.82, 2.24) is 16.0 Å². The summed E-state index contributed by atoms with van der Waals surface area (Å²) in [5, 5.41) is 16.1. The molecule has 0 spiro atoms. The van der Waals surface area contributed by atoms with Crippen molar-refractivity contribution in [2.45, 2.75) is 57.8 Å². The molecule has 12 nitrogen and oxygen atoms in total. The average molecular weight is 387 g/mol. The van der Waals surface area contributed by atoms with Gasteiger partial charge in [0.2, 0.25) is 17.7 Å². The third kappa shape index (κ3) is 9.99. The van der Waals surface area contributed by atoms with E-state index in [2.05, 4.69) is 20.9 Å². The van der Waals surface area contributed by atoms with Gasteiger partial charge in [-0.05, 0) is 33.6 Å². The summed E-state index contributed by atoms with van der Waals surface area (Å²) >= 11 is 0. The summed E-state index contributed by atoms with van der Waals surface area (Å²) in [7, 11) is 0. The van der Waals surface area contributed by atoms with E-state index in [0.717, 1.165) is 0 Å². The Morgan fingerprint density at radius 3 is 1.96 bits per heavy atom. The van der Waals surface area contributed by atoms with Crippen LogP contribution < -0.4 is 33.2 Å². The fraction of sp³-hybridized carbons (Fsp3) is 0.667. The lowest BCUT2D eigenvalue weighted by atomic mass is 10.1. The van der Waals surface area contributed by atoms with Gasteiger partial charge in [-0.1, -0.05) is 0 Å². The van der Waals surface area contributed by atoms with Gasteiger partial charge in [0.25, 0.3) is 0 Å². The van der Waals surface area contributed by atoms with Crippen LogP contribution in [-0.4, -0.2) is 65.5 Å². The number of carboxylic acid groups (broad SMARTS) is 1. The molecule has 0 heterocycles. The van der Waals surface area contributed by atoms with E-state index >= 15 is 0 Å². The van der Waals surface area contributed by atoms with Crippen LogP contribution in [0.2, 0.25) is 0 Å². The SMILES string of the molecule is CC(N)C(=O)NC(C)C(=O)NC(CCCN=C(N)N)C(=O)NC(C)C(=O)O. The largest absolute Gasteiger partial charge is 0.480 e. The summed E-state index contributed by atoms with van der Waals surface area (Å²) in [6.45, 7) is 4.43. The van der Waals surface area contributed by atoms with Crippen molar-refractivity contribution in [2.24, 2.45) is 22.2 Å². The molecule has 0 bridgehead atoms. The van der Waals surface area contributed by atoms with Crippen molar-refractivity contribution in [3.63, 3.8) is 0 Å². The Balaban J connectivity index is 4.97. The van der Waals surface area contributed by atoms with Gasteiger partial charge in [-0.3, -0.25) is 24.2 Å². The minimum absolute atomic E-state index is 0.105. The van der Waals surface area contributed by atoms with Gasteiger partial charge in [0.05, 0.1) is 6.04 Å². The number of nitrogens with two attached hydrogens (primary N) is 3. The molecule has 0 aliphatic rings. The molecule has 0 saturated heterocycles. The molecule has 0 aliphatic carbocycles. The number of amides is 3. The molecule has 12 heteroatoms. The van der Waals surface area contributed by atoms with Crippen LogP contribution in [0.1, 0.15) is 33.6 Å². The smallest absolute Gasteiger partial charge is 0.325 e. The summed E-state index contributed by atoms with van der Waals surface area (Å²) in [6.07, 6.45) is 0.521. The highest BCUT2D eigenvalue weighted by Crippen LogP contribution is 2.01. The van der Waals surface area contributed by atoms with E-state index in [-0.39, 0.29) is 18.9 Å². The predicted molar refractivity (Wildman–Crippen MR) is 98.3 cm³/mol. The van der Waals surface area contributed by atoms with Crippen molar-refractivity contribution in [3.8, 4) is 0 Å². The minimum Gasteiger partial charge on any atom is -0.480 e. The highest BCUT2D eigenvalue weighted by atomic mass is 16.4. The number of rotatable bonds is 11. The zero-order chi connectivity index (χ0) is 21.1. The quantitative estimate of drug-likeness (QED) is 0.110. The number of carbonyl (C=O) groups is 4. The van der Waals surface area contributed by atoms with Gasteiger partial charge in [-0.15, -0.1) is 0 Å². The summed E-state index contributed by atoms with van der Waals surface area (Å²) in [5.74, 6) is -3.13. The van der Waals surface area contributed by atoms with Crippen LogP contribution in [0, 0.1) is 0 Å².